The predicted octanol–water partition coefficient (Wildman–Crippen LogP) is 3.73. The van der Waals surface area contributed by atoms with Crippen molar-refractivity contribution in [1.82, 2.24) is 10.3 Å². The number of hydrogen-bond donors (Lipinski definition) is 1. The Morgan fingerprint density at radius 2 is 1.96 bits per heavy atom. The molecule has 0 aliphatic carbocycles. The molecular weight excluding hydrogens is 302 g/mol. The lowest BCUT2D eigenvalue weighted by atomic mass is 10.0. The molecule has 1 fully saturated rings. The highest BCUT2D eigenvalue weighted by Crippen LogP contribution is 2.23. The Hall–Kier alpha value is -2.30. The van der Waals surface area contributed by atoms with Crippen LogP contribution in [-0.4, -0.2) is 35.8 Å². The second-order valence-electron chi connectivity index (χ2n) is 7.29. The van der Waals surface area contributed by atoms with Crippen molar-refractivity contribution in [2.24, 2.45) is 0 Å². The number of amides is 1. The van der Waals surface area contributed by atoms with Gasteiger partial charge in [-0.25, -0.2) is 4.79 Å². The average Bonchev–Trinajstić information content (AvgIpc) is 2.53. The summed E-state index contributed by atoms with van der Waals surface area (Å²) in [7, 11) is 0. The second-order valence-corrected chi connectivity index (χ2v) is 7.29. The average molecular weight is 327 g/mol. The van der Waals surface area contributed by atoms with Gasteiger partial charge in [-0.15, -0.1) is 0 Å². The maximum Gasteiger partial charge on any atom is 0.407 e. The lowest BCUT2D eigenvalue weighted by Gasteiger charge is -2.34. The summed E-state index contributed by atoms with van der Waals surface area (Å²) in [6, 6.07) is 10.5. The summed E-state index contributed by atoms with van der Waals surface area (Å²) in [6.45, 7) is 7.44. The Labute approximate surface area is 143 Å². The Balaban J connectivity index is 1.57. The molecular formula is C19H25N3O2. The molecule has 1 amide bonds. The molecule has 3 rings (SSSR count). The van der Waals surface area contributed by atoms with Gasteiger partial charge in [-0.2, -0.15) is 0 Å². The molecule has 0 saturated carbocycles. The van der Waals surface area contributed by atoms with E-state index in [2.05, 4.69) is 27.3 Å². The molecule has 0 spiro atoms. The number of rotatable bonds is 2. The van der Waals surface area contributed by atoms with Gasteiger partial charge in [-0.1, -0.05) is 18.2 Å². The lowest BCUT2D eigenvalue weighted by Crippen LogP contribution is -2.46. The molecule has 1 aliphatic heterocycles. The van der Waals surface area contributed by atoms with Crippen molar-refractivity contribution in [3.63, 3.8) is 0 Å². The summed E-state index contributed by atoms with van der Waals surface area (Å²) in [5.74, 6) is 0. The number of nitrogens with one attached hydrogen (secondary N) is 1. The van der Waals surface area contributed by atoms with Crippen molar-refractivity contribution in [1.29, 1.82) is 0 Å². The van der Waals surface area contributed by atoms with Gasteiger partial charge in [0.2, 0.25) is 0 Å². The summed E-state index contributed by atoms with van der Waals surface area (Å²) in [4.78, 5) is 18.7. The van der Waals surface area contributed by atoms with E-state index >= 15 is 0 Å². The summed E-state index contributed by atoms with van der Waals surface area (Å²) in [5, 5.41) is 4.13. The van der Waals surface area contributed by atoms with Gasteiger partial charge in [0.25, 0.3) is 0 Å². The number of anilines is 1. The zero-order valence-electron chi connectivity index (χ0n) is 14.6. The van der Waals surface area contributed by atoms with Crippen molar-refractivity contribution in [2.45, 2.75) is 45.3 Å². The van der Waals surface area contributed by atoms with E-state index in [4.69, 9.17) is 4.74 Å². The van der Waals surface area contributed by atoms with Crippen LogP contribution in [0.2, 0.25) is 0 Å². The van der Waals surface area contributed by atoms with Gasteiger partial charge in [0.05, 0.1) is 17.4 Å². The van der Waals surface area contributed by atoms with Gasteiger partial charge >= 0.3 is 6.09 Å². The fourth-order valence-corrected chi connectivity index (χ4v) is 2.99. The number of aromatic nitrogens is 1. The molecule has 0 bridgehead atoms. The van der Waals surface area contributed by atoms with Gasteiger partial charge in [-0.05, 0) is 45.7 Å². The normalized spacial score (nSPS) is 16.2. The van der Waals surface area contributed by atoms with Gasteiger partial charge in [0.15, 0.2) is 0 Å². The molecule has 1 aliphatic rings. The lowest BCUT2D eigenvalue weighted by molar-refractivity contribution is 0.0497. The Morgan fingerprint density at radius 3 is 2.67 bits per heavy atom. The highest BCUT2D eigenvalue weighted by atomic mass is 16.6. The standard InChI is InChI=1S/C19H25N3O2/c1-19(2,3)24-18(23)21-15-8-10-22(11-9-15)16-12-14-6-4-5-7-17(14)20-13-16/h4-7,12-13,15H,8-11H2,1-3H3,(H,21,23). The highest BCUT2D eigenvalue weighted by Gasteiger charge is 2.23. The van der Waals surface area contributed by atoms with E-state index in [9.17, 15) is 4.79 Å². The maximum absolute atomic E-state index is 11.9. The third-order valence-corrected chi connectivity index (χ3v) is 4.16. The van der Waals surface area contributed by atoms with Crippen molar-refractivity contribution in [3.8, 4) is 0 Å². The molecule has 5 heteroatoms. The number of benzene rings is 1. The van der Waals surface area contributed by atoms with Gasteiger partial charge < -0.3 is 15.0 Å². The topological polar surface area (TPSA) is 54.5 Å². The number of pyridine rings is 1. The van der Waals surface area contributed by atoms with E-state index in [-0.39, 0.29) is 12.1 Å². The first-order valence-electron chi connectivity index (χ1n) is 8.50. The zero-order chi connectivity index (χ0) is 17.2. The largest absolute Gasteiger partial charge is 0.444 e. The summed E-state index contributed by atoms with van der Waals surface area (Å²) in [5.41, 5.74) is 1.70. The monoisotopic (exact) mass is 327 g/mol. The first kappa shape index (κ1) is 16.6. The summed E-state index contributed by atoms with van der Waals surface area (Å²) < 4.78 is 5.33. The summed E-state index contributed by atoms with van der Waals surface area (Å²) in [6.07, 6.45) is 3.43. The van der Waals surface area contributed by atoms with E-state index in [0.717, 1.165) is 42.5 Å². The van der Waals surface area contributed by atoms with Gasteiger partial charge in [0, 0.05) is 24.5 Å². The summed E-state index contributed by atoms with van der Waals surface area (Å²) >= 11 is 0. The smallest absolute Gasteiger partial charge is 0.407 e. The second kappa shape index (κ2) is 6.67. The number of ether oxygens (including phenoxy) is 1. The van der Waals surface area contributed by atoms with Crippen molar-refractivity contribution in [2.75, 3.05) is 18.0 Å². The minimum atomic E-state index is -0.457. The third kappa shape index (κ3) is 4.16. The van der Waals surface area contributed by atoms with Crippen LogP contribution < -0.4 is 10.2 Å². The van der Waals surface area contributed by atoms with E-state index in [0.29, 0.717) is 0 Å². The predicted molar refractivity (Wildman–Crippen MR) is 96.3 cm³/mol. The van der Waals surface area contributed by atoms with E-state index in [1.807, 2.05) is 45.2 Å². The third-order valence-electron chi connectivity index (χ3n) is 4.16. The minimum absolute atomic E-state index is 0.171. The number of nitrogens with zero attached hydrogens (tertiary/aromatic N) is 2. The number of carbonyl (C=O) groups is 1. The molecule has 0 atom stereocenters. The molecule has 5 nitrogen and oxygen atoms in total. The number of para-hydroxylation sites is 1. The van der Waals surface area contributed by atoms with Crippen LogP contribution >= 0.6 is 0 Å². The van der Waals surface area contributed by atoms with Crippen molar-refractivity contribution < 1.29 is 9.53 Å². The zero-order valence-corrected chi connectivity index (χ0v) is 14.6. The maximum atomic E-state index is 11.9. The molecule has 1 N–H and O–H groups in total. The minimum Gasteiger partial charge on any atom is -0.444 e. The fraction of sp³-hybridized carbons (Fsp3) is 0.474. The van der Waals surface area contributed by atoms with E-state index in [1.54, 1.807) is 0 Å². The van der Waals surface area contributed by atoms with Crippen LogP contribution in [0.1, 0.15) is 33.6 Å². The van der Waals surface area contributed by atoms with E-state index in [1.165, 1.54) is 0 Å². The Kier molecular flexibility index (Phi) is 4.60. The molecule has 1 aromatic heterocycles. The molecule has 2 aromatic rings. The fourth-order valence-electron chi connectivity index (χ4n) is 2.99. The first-order chi connectivity index (χ1) is 11.4. The van der Waals surface area contributed by atoms with E-state index < -0.39 is 5.60 Å². The molecule has 2 heterocycles. The molecule has 0 radical (unpaired) electrons. The van der Waals surface area contributed by atoms with Crippen LogP contribution in [-0.2, 0) is 4.74 Å². The van der Waals surface area contributed by atoms with Crippen LogP contribution in [0.25, 0.3) is 10.9 Å². The quantitative estimate of drug-likeness (QED) is 0.913. The van der Waals surface area contributed by atoms with Crippen molar-refractivity contribution in [3.05, 3.63) is 36.5 Å². The number of fused-ring (bicyclic) bond motifs is 1. The molecule has 1 saturated heterocycles. The Morgan fingerprint density at radius 1 is 1.25 bits per heavy atom. The van der Waals surface area contributed by atoms with Crippen LogP contribution in [0.15, 0.2) is 36.5 Å². The van der Waals surface area contributed by atoms with Crippen LogP contribution in [0.5, 0.6) is 0 Å². The molecule has 0 unspecified atom stereocenters. The highest BCUT2D eigenvalue weighted by molar-refractivity contribution is 5.81. The van der Waals surface area contributed by atoms with Crippen LogP contribution in [0.3, 0.4) is 0 Å². The molecule has 24 heavy (non-hydrogen) atoms. The number of piperidine rings is 1. The van der Waals surface area contributed by atoms with Crippen molar-refractivity contribution >= 4 is 22.7 Å². The first-order valence-corrected chi connectivity index (χ1v) is 8.50. The van der Waals surface area contributed by atoms with Crippen LogP contribution in [0, 0.1) is 0 Å². The van der Waals surface area contributed by atoms with Gasteiger partial charge in [0.1, 0.15) is 5.60 Å². The van der Waals surface area contributed by atoms with Crippen LogP contribution in [0.4, 0.5) is 10.5 Å². The van der Waals surface area contributed by atoms with Gasteiger partial charge in [-0.3, -0.25) is 4.98 Å². The number of alkyl carbamates (subject to hydrolysis) is 1. The SMILES string of the molecule is CC(C)(C)OC(=O)NC1CCN(c2cnc3ccccc3c2)CC1. The number of hydrogen-bond acceptors (Lipinski definition) is 4. The molecule has 1 aromatic carbocycles. The Bertz CT molecular complexity index is 716. The molecule has 128 valence electrons. The number of carbonyl (C=O) groups excluding carboxylic acids is 1.